The van der Waals surface area contributed by atoms with Gasteiger partial charge in [0, 0.05) is 29.7 Å². The summed E-state index contributed by atoms with van der Waals surface area (Å²) < 4.78 is 0. The number of rotatable bonds is 4. The minimum Gasteiger partial charge on any atom is -0.398 e. The molecule has 0 aliphatic rings. The maximum Gasteiger partial charge on any atom is 0.253 e. The molecule has 0 saturated heterocycles. The Hall–Kier alpha value is -1.88. The van der Waals surface area contributed by atoms with Crippen LogP contribution < -0.4 is 11.1 Å². The number of nitrogens with zero attached hydrogens (tertiary/aromatic N) is 1. The van der Waals surface area contributed by atoms with Crippen LogP contribution in [-0.2, 0) is 0 Å². The van der Waals surface area contributed by atoms with Crippen LogP contribution in [0.3, 0.4) is 0 Å². The van der Waals surface area contributed by atoms with E-state index in [1.165, 1.54) is 0 Å². The monoisotopic (exact) mass is 275 g/mol. The molecule has 2 aromatic rings. The van der Waals surface area contributed by atoms with E-state index < -0.39 is 0 Å². The molecule has 0 aliphatic carbocycles. The summed E-state index contributed by atoms with van der Waals surface area (Å²) in [5.41, 5.74) is 7.94. The Kier molecular flexibility index (Phi) is 4.16. The van der Waals surface area contributed by atoms with Crippen LogP contribution in [0, 0.1) is 6.92 Å². The number of nitrogen functional groups attached to an aromatic ring is 1. The summed E-state index contributed by atoms with van der Waals surface area (Å²) in [6.45, 7) is 4.54. The standard InChI is InChI=1S/C14H17N3OS/c1-9-3-4-11(12(15)7-9)13(18)17-8-10(2)14-16-5-6-19-14/h3-7,10H,8,15H2,1-2H3,(H,17,18). The van der Waals surface area contributed by atoms with Crippen molar-refractivity contribution in [2.24, 2.45) is 0 Å². The maximum absolute atomic E-state index is 12.0. The Labute approximate surface area is 116 Å². The van der Waals surface area contributed by atoms with Gasteiger partial charge in [-0.1, -0.05) is 13.0 Å². The number of carbonyl (C=O) groups excluding carboxylic acids is 1. The number of nitrogens with two attached hydrogens (primary N) is 1. The molecular formula is C14H17N3OS. The minimum absolute atomic E-state index is 0.138. The molecule has 100 valence electrons. The average Bonchev–Trinajstić information content (AvgIpc) is 2.89. The van der Waals surface area contributed by atoms with E-state index in [0.29, 0.717) is 17.8 Å². The molecule has 0 spiro atoms. The lowest BCUT2D eigenvalue weighted by Crippen LogP contribution is -2.28. The number of aryl methyl sites for hydroxylation is 1. The van der Waals surface area contributed by atoms with Gasteiger partial charge in [0.15, 0.2) is 0 Å². The van der Waals surface area contributed by atoms with Gasteiger partial charge in [0.1, 0.15) is 0 Å². The summed E-state index contributed by atoms with van der Waals surface area (Å²) in [7, 11) is 0. The van der Waals surface area contributed by atoms with Gasteiger partial charge in [-0.05, 0) is 24.6 Å². The number of benzene rings is 1. The Morgan fingerprint density at radius 2 is 2.32 bits per heavy atom. The summed E-state index contributed by atoms with van der Waals surface area (Å²) in [5.74, 6) is 0.0662. The zero-order chi connectivity index (χ0) is 13.8. The van der Waals surface area contributed by atoms with Crippen molar-refractivity contribution < 1.29 is 4.79 Å². The van der Waals surface area contributed by atoms with Crippen LogP contribution in [0.2, 0.25) is 0 Å². The number of anilines is 1. The van der Waals surface area contributed by atoms with Crippen LogP contribution in [0.5, 0.6) is 0 Å². The number of hydrogen-bond acceptors (Lipinski definition) is 4. The third-order valence-corrected chi connectivity index (χ3v) is 3.90. The number of amides is 1. The van der Waals surface area contributed by atoms with Crippen molar-refractivity contribution in [3.8, 4) is 0 Å². The minimum atomic E-state index is -0.138. The quantitative estimate of drug-likeness (QED) is 0.843. The normalized spacial score (nSPS) is 12.1. The first kappa shape index (κ1) is 13.5. The van der Waals surface area contributed by atoms with Crippen molar-refractivity contribution in [3.63, 3.8) is 0 Å². The lowest BCUT2D eigenvalue weighted by atomic mass is 10.1. The van der Waals surface area contributed by atoms with Gasteiger partial charge < -0.3 is 11.1 Å². The molecule has 2 rings (SSSR count). The maximum atomic E-state index is 12.0. The van der Waals surface area contributed by atoms with Crippen molar-refractivity contribution >= 4 is 22.9 Å². The molecule has 0 radical (unpaired) electrons. The average molecular weight is 275 g/mol. The molecule has 0 bridgehead atoms. The van der Waals surface area contributed by atoms with E-state index in [2.05, 4.69) is 10.3 Å². The lowest BCUT2D eigenvalue weighted by Gasteiger charge is -2.11. The van der Waals surface area contributed by atoms with Crippen molar-refractivity contribution in [2.75, 3.05) is 12.3 Å². The molecule has 19 heavy (non-hydrogen) atoms. The Balaban J connectivity index is 1.98. The van der Waals surface area contributed by atoms with Crippen molar-refractivity contribution in [2.45, 2.75) is 19.8 Å². The molecule has 5 heteroatoms. The molecular weight excluding hydrogens is 258 g/mol. The van der Waals surface area contributed by atoms with E-state index in [9.17, 15) is 4.79 Å². The van der Waals surface area contributed by atoms with Crippen molar-refractivity contribution in [1.82, 2.24) is 10.3 Å². The molecule has 4 nitrogen and oxygen atoms in total. The van der Waals surface area contributed by atoms with Crippen LogP contribution in [0.25, 0.3) is 0 Å². The van der Waals surface area contributed by atoms with Crippen LogP contribution >= 0.6 is 11.3 Å². The number of nitrogens with one attached hydrogen (secondary N) is 1. The van der Waals surface area contributed by atoms with Gasteiger partial charge in [-0.25, -0.2) is 4.98 Å². The zero-order valence-corrected chi connectivity index (χ0v) is 11.8. The van der Waals surface area contributed by atoms with E-state index in [1.54, 1.807) is 29.7 Å². The zero-order valence-electron chi connectivity index (χ0n) is 11.0. The molecule has 0 saturated carbocycles. The molecule has 1 aromatic carbocycles. The first-order chi connectivity index (χ1) is 9.08. The molecule has 1 heterocycles. The number of carbonyl (C=O) groups is 1. The SMILES string of the molecule is Cc1ccc(C(=O)NCC(C)c2nccs2)c(N)c1. The van der Waals surface area contributed by atoms with E-state index in [-0.39, 0.29) is 11.8 Å². The molecule has 0 fully saturated rings. The van der Waals surface area contributed by atoms with Crippen LogP contribution in [-0.4, -0.2) is 17.4 Å². The van der Waals surface area contributed by atoms with Gasteiger partial charge in [0.25, 0.3) is 5.91 Å². The summed E-state index contributed by atoms with van der Waals surface area (Å²) >= 11 is 1.60. The van der Waals surface area contributed by atoms with E-state index in [1.807, 2.05) is 25.3 Å². The van der Waals surface area contributed by atoms with Crippen LogP contribution in [0.1, 0.15) is 33.8 Å². The topological polar surface area (TPSA) is 68.0 Å². The lowest BCUT2D eigenvalue weighted by molar-refractivity contribution is 0.0952. The summed E-state index contributed by atoms with van der Waals surface area (Å²) in [4.78, 5) is 16.3. The molecule has 1 amide bonds. The Morgan fingerprint density at radius 1 is 1.53 bits per heavy atom. The highest BCUT2D eigenvalue weighted by Crippen LogP contribution is 2.17. The number of aromatic nitrogens is 1. The van der Waals surface area contributed by atoms with Crippen LogP contribution in [0.4, 0.5) is 5.69 Å². The Bertz CT molecular complexity index is 566. The van der Waals surface area contributed by atoms with Crippen LogP contribution in [0.15, 0.2) is 29.8 Å². The van der Waals surface area contributed by atoms with Gasteiger partial charge >= 0.3 is 0 Å². The fourth-order valence-corrected chi connectivity index (χ4v) is 2.49. The molecule has 1 atom stereocenters. The van der Waals surface area contributed by atoms with E-state index in [4.69, 9.17) is 5.73 Å². The van der Waals surface area contributed by atoms with Crippen molar-refractivity contribution in [1.29, 1.82) is 0 Å². The smallest absolute Gasteiger partial charge is 0.253 e. The van der Waals surface area contributed by atoms with Crippen molar-refractivity contribution in [3.05, 3.63) is 45.9 Å². The van der Waals surface area contributed by atoms with Gasteiger partial charge in [0.05, 0.1) is 10.6 Å². The Morgan fingerprint density at radius 3 is 2.95 bits per heavy atom. The van der Waals surface area contributed by atoms with E-state index >= 15 is 0 Å². The van der Waals surface area contributed by atoms with E-state index in [0.717, 1.165) is 10.6 Å². The summed E-state index contributed by atoms with van der Waals surface area (Å²) in [5, 5.41) is 5.86. The second kappa shape index (κ2) is 5.84. The first-order valence-electron chi connectivity index (χ1n) is 6.11. The van der Waals surface area contributed by atoms with Gasteiger partial charge in [-0.15, -0.1) is 11.3 Å². The highest BCUT2D eigenvalue weighted by molar-refractivity contribution is 7.09. The molecule has 0 aliphatic heterocycles. The second-order valence-corrected chi connectivity index (χ2v) is 5.50. The van der Waals surface area contributed by atoms with Gasteiger partial charge in [-0.2, -0.15) is 0 Å². The summed E-state index contributed by atoms with van der Waals surface area (Å²) in [6.07, 6.45) is 1.77. The molecule has 3 N–H and O–H groups in total. The first-order valence-corrected chi connectivity index (χ1v) is 6.99. The second-order valence-electron chi connectivity index (χ2n) is 4.57. The fraction of sp³-hybridized carbons (Fsp3) is 0.286. The third-order valence-electron chi connectivity index (χ3n) is 2.89. The molecule has 1 unspecified atom stereocenters. The predicted octanol–water partition coefficient (Wildman–Crippen LogP) is 2.57. The largest absolute Gasteiger partial charge is 0.398 e. The third kappa shape index (κ3) is 3.32. The highest BCUT2D eigenvalue weighted by atomic mass is 32.1. The molecule has 1 aromatic heterocycles. The summed E-state index contributed by atoms with van der Waals surface area (Å²) in [6, 6.07) is 5.45. The highest BCUT2D eigenvalue weighted by Gasteiger charge is 2.13. The predicted molar refractivity (Wildman–Crippen MR) is 78.5 cm³/mol. The van der Waals surface area contributed by atoms with Gasteiger partial charge in [0.2, 0.25) is 0 Å². The number of thiazole rings is 1. The number of hydrogen-bond donors (Lipinski definition) is 2. The van der Waals surface area contributed by atoms with Gasteiger partial charge in [-0.3, -0.25) is 4.79 Å². The fourth-order valence-electron chi connectivity index (χ4n) is 1.80.